The molecule has 0 amide bonds. The lowest BCUT2D eigenvalue weighted by Crippen LogP contribution is -2.18. The number of halogens is 1. The van der Waals surface area contributed by atoms with Crippen molar-refractivity contribution in [2.24, 2.45) is 5.92 Å². The minimum atomic E-state index is -0.924. The first kappa shape index (κ1) is 18.8. The van der Waals surface area contributed by atoms with E-state index in [-0.39, 0.29) is 5.56 Å². The number of ether oxygens (including phenoxy) is 1. The summed E-state index contributed by atoms with van der Waals surface area (Å²) < 4.78 is 7.45. The van der Waals surface area contributed by atoms with Crippen LogP contribution in [0.25, 0.3) is 10.2 Å². The number of carboxylic acid groups (broad SMARTS) is 1. The van der Waals surface area contributed by atoms with Crippen molar-refractivity contribution in [3.05, 3.63) is 27.2 Å². The number of aromatic carboxylic acids is 1. The number of carboxylic acids is 1. The zero-order valence-corrected chi connectivity index (χ0v) is 16.9. The molecule has 1 aliphatic rings. The second-order valence-corrected chi connectivity index (χ2v) is 8.72. The molecule has 1 N–H and O–H groups in total. The molecule has 3 rings (SSSR count). The lowest BCUT2D eigenvalue weighted by Gasteiger charge is -2.27. The quantitative estimate of drug-likeness (QED) is 0.565. The molecular formula is C19H24BrNO3S. The third-order valence-electron chi connectivity index (χ3n) is 4.92. The molecule has 25 heavy (non-hydrogen) atoms. The van der Waals surface area contributed by atoms with Crippen LogP contribution in [-0.4, -0.2) is 29.3 Å². The van der Waals surface area contributed by atoms with E-state index in [9.17, 15) is 9.90 Å². The van der Waals surface area contributed by atoms with Crippen molar-refractivity contribution in [1.29, 1.82) is 0 Å². The SMILES string of the molecule is CCCCOC[C@H]1CC[C@H](c2nc3cc(C(=O)O)c(Br)cc3s2)CC1. The fourth-order valence-electron chi connectivity index (χ4n) is 3.38. The molecule has 2 aromatic rings. The van der Waals surface area contributed by atoms with Crippen LogP contribution in [0.4, 0.5) is 0 Å². The Morgan fingerprint density at radius 3 is 2.80 bits per heavy atom. The van der Waals surface area contributed by atoms with Crippen LogP contribution >= 0.6 is 27.3 Å². The van der Waals surface area contributed by atoms with Gasteiger partial charge in [0.2, 0.25) is 0 Å². The number of rotatable bonds is 7. The number of unbranched alkanes of at least 4 members (excludes halogenated alkanes) is 1. The predicted octanol–water partition coefficient (Wildman–Crippen LogP) is 5.85. The molecule has 0 atom stereocenters. The Labute approximate surface area is 160 Å². The van der Waals surface area contributed by atoms with Gasteiger partial charge in [-0.05, 0) is 66.1 Å². The molecule has 1 aromatic heterocycles. The summed E-state index contributed by atoms with van der Waals surface area (Å²) in [4.78, 5) is 16.0. The zero-order chi connectivity index (χ0) is 17.8. The van der Waals surface area contributed by atoms with Gasteiger partial charge in [-0.15, -0.1) is 11.3 Å². The van der Waals surface area contributed by atoms with Crippen molar-refractivity contribution in [2.75, 3.05) is 13.2 Å². The highest BCUT2D eigenvalue weighted by molar-refractivity contribution is 9.10. The van der Waals surface area contributed by atoms with E-state index in [1.165, 1.54) is 19.3 Å². The van der Waals surface area contributed by atoms with Crippen LogP contribution in [-0.2, 0) is 4.74 Å². The highest BCUT2D eigenvalue weighted by Gasteiger charge is 2.25. The van der Waals surface area contributed by atoms with E-state index >= 15 is 0 Å². The van der Waals surface area contributed by atoms with Gasteiger partial charge in [0.1, 0.15) is 0 Å². The van der Waals surface area contributed by atoms with Gasteiger partial charge in [-0.25, -0.2) is 9.78 Å². The summed E-state index contributed by atoms with van der Waals surface area (Å²) in [5.74, 6) is 0.249. The number of hydrogen-bond acceptors (Lipinski definition) is 4. The number of hydrogen-bond donors (Lipinski definition) is 1. The molecule has 0 saturated heterocycles. The lowest BCUT2D eigenvalue weighted by molar-refractivity contribution is 0.0696. The van der Waals surface area contributed by atoms with Gasteiger partial charge >= 0.3 is 5.97 Å². The Balaban J connectivity index is 1.62. The Morgan fingerprint density at radius 1 is 1.36 bits per heavy atom. The lowest BCUT2D eigenvalue weighted by atomic mass is 9.83. The minimum Gasteiger partial charge on any atom is -0.478 e. The normalized spacial score (nSPS) is 20.9. The summed E-state index contributed by atoms with van der Waals surface area (Å²) in [5, 5.41) is 10.4. The van der Waals surface area contributed by atoms with Crippen LogP contribution in [0.3, 0.4) is 0 Å². The van der Waals surface area contributed by atoms with Crippen LogP contribution in [0.5, 0.6) is 0 Å². The summed E-state index contributed by atoms with van der Waals surface area (Å²) in [6.07, 6.45) is 7.01. The van der Waals surface area contributed by atoms with Gasteiger partial charge in [-0.2, -0.15) is 0 Å². The second-order valence-electron chi connectivity index (χ2n) is 6.80. The molecular weight excluding hydrogens is 402 g/mol. The molecule has 136 valence electrons. The maximum atomic E-state index is 11.3. The van der Waals surface area contributed by atoms with Crippen molar-refractivity contribution in [1.82, 2.24) is 4.98 Å². The molecule has 1 aliphatic carbocycles. The number of aromatic nitrogens is 1. The number of carbonyl (C=O) groups is 1. The van der Waals surface area contributed by atoms with E-state index < -0.39 is 5.97 Å². The highest BCUT2D eigenvalue weighted by atomic mass is 79.9. The molecule has 0 aliphatic heterocycles. The van der Waals surface area contributed by atoms with E-state index in [4.69, 9.17) is 9.72 Å². The first-order chi connectivity index (χ1) is 12.1. The number of fused-ring (bicyclic) bond motifs is 1. The monoisotopic (exact) mass is 425 g/mol. The first-order valence-electron chi connectivity index (χ1n) is 8.99. The summed E-state index contributed by atoms with van der Waals surface area (Å²) in [6.45, 7) is 3.96. The minimum absolute atomic E-state index is 0.275. The molecule has 1 saturated carbocycles. The second kappa shape index (κ2) is 8.60. The van der Waals surface area contributed by atoms with E-state index in [0.717, 1.165) is 47.7 Å². The summed E-state index contributed by atoms with van der Waals surface area (Å²) >= 11 is 5.05. The van der Waals surface area contributed by atoms with Crippen LogP contribution in [0, 0.1) is 5.92 Å². The Hall–Kier alpha value is -0.980. The molecule has 1 aromatic carbocycles. The van der Waals surface area contributed by atoms with Crippen molar-refractivity contribution in [3.8, 4) is 0 Å². The smallest absolute Gasteiger partial charge is 0.336 e. The predicted molar refractivity (Wildman–Crippen MR) is 105 cm³/mol. The topological polar surface area (TPSA) is 59.4 Å². The fourth-order valence-corrected chi connectivity index (χ4v) is 5.20. The van der Waals surface area contributed by atoms with Gasteiger partial charge in [-0.1, -0.05) is 13.3 Å². The highest BCUT2D eigenvalue weighted by Crippen LogP contribution is 2.40. The van der Waals surface area contributed by atoms with E-state index in [0.29, 0.717) is 16.3 Å². The van der Waals surface area contributed by atoms with Gasteiger partial charge in [0.05, 0.1) is 20.8 Å². The van der Waals surface area contributed by atoms with Gasteiger partial charge < -0.3 is 9.84 Å². The standard InChI is InChI=1S/C19H24BrNO3S/c1-2-3-8-24-11-12-4-6-13(7-5-12)18-21-16-9-14(19(22)23)15(20)10-17(16)25-18/h9-10,12-13H,2-8,11H2,1H3,(H,22,23)/t12-,13-. The third-order valence-corrected chi connectivity index (χ3v) is 6.75. The maximum absolute atomic E-state index is 11.3. The van der Waals surface area contributed by atoms with Crippen molar-refractivity contribution < 1.29 is 14.6 Å². The Kier molecular flexibility index (Phi) is 6.47. The molecule has 0 radical (unpaired) electrons. The van der Waals surface area contributed by atoms with Gasteiger partial charge in [0.25, 0.3) is 0 Å². The molecule has 1 heterocycles. The third kappa shape index (κ3) is 4.60. The van der Waals surface area contributed by atoms with Crippen molar-refractivity contribution >= 4 is 43.5 Å². The first-order valence-corrected chi connectivity index (χ1v) is 10.6. The fraction of sp³-hybridized carbons (Fsp3) is 0.579. The Morgan fingerprint density at radius 2 is 2.12 bits per heavy atom. The van der Waals surface area contributed by atoms with Crippen LogP contribution < -0.4 is 0 Å². The summed E-state index contributed by atoms with van der Waals surface area (Å²) in [7, 11) is 0. The van der Waals surface area contributed by atoms with Gasteiger partial charge in [0.15, 0.2) is 0 Å². The van der Waals surface area contributed by atoms with Crippen LogP contribution in [0.2, 0.25) is 0 Å². The molecule has 1 fully saturated rings. The Bertz CT molecular complexity index is 738. The average molecular weight is 426 g/mol. The van der Waals surface area contributed by atoms with Crippen molar-refractivity contribution in [3.63, 3.8) is 0 Å². The number of thiazole rings is 1. The zero-order valence-electron chi connectivity index (χ0n) is 14.5. The molecule has 0 unspecified atom stereocenters. The van der Waals surface area contributed by atoms with E-state index in [2.05, 4.69) is 22.9 Å². The van der Waals surface area contributed by atoms with E-state index in [1.54, 1.807) is 17.4 Å². The van der Waals surface area contributed by atoms with Gasteiger partial charge in [0, 0.05) is 23.6 Å². The molecule has 6 heteroatoms. The number of nitrogens with zero attached hydrogens (tertiary/aromatic N) is 1. The average Bonchev–Trinajstić information content (AvgIpc) is 3.01. The van der Waals surface area contributed by atoms with Gasteiger partial charge in [-0.3, -0.25) is 0 Å². The maximum Gasteiger partial charge on any atom is 0.336 e. The summed E-state index contributed by atoms with van der Waals surface area (Å²) in [6, 6.07) is 3.56. The van der Waals surface area contributed by atoms with Crippen LogP contribution in [0.1, 0.15) is 66.7 Å². The summed E-state index contributed by atoms with van der Waals surface area (Å²) in [5.41, 5.74) is 1.07. The van der Waals surface area contributed by atoms with Crippen LogP contribution in [0.15, 0.2) is 16.6 Å². The molecule has 0 spiro atoms. The van der Waals surface area contributed by atoms with Crippen molar-refractivity contribution in [2.45, 2.75) is 51.4 Å². The molecule has 0 bridgehead atoms. The van der Waals surface area contributed by atoms with E-state index in [1.807, 2.05) is 6.07 Å². The number of benzene rings is 1. The largest absolute Gasteiger partial charge is 0.478 e. The molecule has 4 nitrogen and oxygen atoms in total.